The van der Waals surface area contributed by atoms with Gasteiger partial charge in [0.05, 0.1) is 11.2 Å². The second kappa shape index (κ2) is 7.70. The summed E-state index contributed by atoms with van der Waals surface area (Å²) in [6.07, 6.45) is 2.78. The van der Waals surface area contributed by atoms with Gasteiger partial charge in [0.15, 0.2) is 0 Å². The predicted molar refractivity (Wildman–Crippen MR) is 124 cm³/mol. The van der Waals surface area contributed by atoms with E-state index in [-0.39, 0.29) is 24.4 Å². The largest absolute Gasteiger partial charge is 0.494 e. The number of fused-ring (bicyclic) bond motifs is 1. The van der Waals surface area contributed by atoms with E-state index >= 15 is 0 Å². The number of nitrogens with zero attached hydrogens (tertiary/aromatic N) is 2. The molecule has 0 aromatic heterocycles. The van der Waals surface area contributed by atoms with Crippen LogP contribution in [-0.4, -0.2) is 60.6 Å². The SMILES string of the molecule is CC(C)(C)OC(=O)N1CCC(N2CCc3cc(B4OC(C)(C)C(C)(C)O4)ccc32)CC1. The summed E-state index contributed by atoms with van der Waals surface area (Å²) >= 11 is 0. The highest BCUT2D eigenvalue weighted by Crippen LogP contribution is 2.37. The highest BCUT2D eigenvalue weighted by atomic mass is 16.7. The lowest BCUT2D eigenvalue weighted by molar-refractivity contribution is 0.00578. The van der Waals surface area contributed by atoms with Crippen molar-refractivity contribution in [1.29, 1.82) is 0 Å². The van der Waals surface area contributed by atoms with Crippen LogP contribution in [0.5, 0.6) is 0 Å². The van der Waals surface area contributed by atoms with Crippen LogP contribution in [-0.2, 0) is 20.5 Å². The number of rotatable bonds is 2. The van der Waals surface area contributed by atoms with Crippen LogP contribution in [0.4, 0.5) is 10.5 Å². The number of hydrogen-bond acceptors (Lipinski definition) is 5. The van der Waals surface area contributed by atoms with Crippen molar-refractivity contribution in [1.82, 2.24) is 4.90 Å². The van der Waals surface area contributed by atoms with Crippen molar-refractivity contribution in [3.05, 3.63) is 23.8 Å². The Kier molecular flexibility index (Phi) is 5.58. The summed E-state index contributed by atoms with van der Waals surface area (Å²) in [7, 11) is -0.318. The van der Waals surface area contributed by atoms with E-state index in [1.807, 2.05) is 25.7 Å². The first-order chi connectivity index (χ1) is 14.4. The van der Waals surface area contributed by atoms with Gasteiger partial charge in [0.2, 0.25) is 0 Å². The highest BCUT2D eigenvalue weighted by molar-refractivity contribution is 6.62. The quantitative estimate of drug-likeness (QED) is 0.672. The van der Waals surface area contributed by atoms with Crippen molar-refractivity contribution in [3.8, 4) is 0 Å². The Labute approximate surface area is 187 Å². The molecule has 2 fully saturated rings. The van der Waals surface area contributed by atoms with Gasteiger partial charge in [-0.05, 0) is 84.8 Å². The fraction of sp³-hybridized carbons (Fsp3) is 0.708. The molecule has 0 atom stereocenters. The third kappa shape index (κ3) is 4.44. The Morgan fingerprint density at radius 2 is 1.68 bits per heavy atom. The first-order valence-corrected chi connectivity index (χ1v) is 11.6. The summed E-state index contributed by atoms with van der Waals surface area (Å²) in [5.74, 6) is 0. The molecule has 1 aromatic rings. The second-order valence-electron chi connectivity index (χ2n) is 11.1. The van der Waals surface area contributed by atoms with E-state index in [2.05, 4.69) is 50.8 Å². The number of carbonyl (C=O) groups is 1. The van der Waals surface area contributed by atoms with Gasteiger partial charge in [0, 0.05) is 31.4 Å². The second-order valence-corrected chi connectivity index (χ2v) is 11.1. The van der Waals surface area contributed by atoms with Crippen LogP contribution in [0.1, 0.15) is 66.9 Å². The first kappa shape index (κ1) is 22.5. The van der Waals surface area contributed by atoms with Crippen molar-refractivity contribution in [2.75, 3.05) is 24.5 Å². The molecule has 31 heavy (non-hydrogen) atoms. The van der Waals surface area contributed by atoms with Crippen LogP contribution in [0, 0.1) is 0 Å². The maximum atomic E-state index is 12.4. The van der Waals surface area contributed by atoms with Crippen molar-refractivity contribution < 1.29 is 18.8 Å². The van der Waals surface area contributed by atoms with Crippen molar-refractivity contribution in [2.45, 2.75) is 90.6 Å². The Morgan fingerprint density at radius 1 is 1.06 bits per heavy atom. The lowest BCUT2D eigenvalue weighted by atomic mass is 9.78. The van der Waals surface area contributed by atoms with Crippen LogP contribution in [0.3, 0.4) is 0 Å². The lowest BCUT2D eigenvalue weighted by Crippen LogP contribution is -2.47. The van der Waals surface area contributed by atoms with Gasteiger partial charge in [0.25, 0.3) is 0 Å². The minimum atomic E-state index is -0.448. The Bertz CT molecular complexity index is 824. The first-order valence-electron chi connectivity index (χ1n) is 11.6. The van der Waals surface area contributed by atoms with Crippen LogP contribution < -0.4 is 10.4 Å². The molecule has 0 saturated carbocycles. The molecule has 7 heteroatoms. The van der Waals surface area contributed by atoms with E-state index in [9.17, 15) is 4.79 Å². The Balaban J connectivity index is 1.40. The normalized spacial score (nSPS) is 23.3. The molecule has 6 nitrogen and oxygen atoms in total. The molecule has 4 rings (SSSR count). The molecule has 1 amide bonds. The van der Waals surface area contributed by atoms with Crippen molar-refractivity contribution >= 4 is 24.4 Å². The number of hydrogen-bond donors (Lipinski definition) is 0. The maximum Gasteiger partial charge on any atom is 0.494 e. The van der Waals surface area contributed by atoms with Gasteiger partial charge < -0.3 is 23.8 Å². The Morgan fingerprint density at radius 3 is 2.26 bits per heavy atom. The summed E-state index contributed by atoms with van der Waals surface area (Å²) in [5.41, 5.74) is 2.67. The summed E-state index contributed by atoms with van der Waals surface area (Å²) in [4.78, 5) is 16.7. The third-order valence-electron chi connectivity index (χ3n) is 7.12. The van der Waals surface area contributed by atoms with Gasteiger partial charge in [-0.15, -0.1) is 0 Å². The lowest BCUT2D eigenvalue weighted by Gasteiger charge is -2.38. The fourth-order valence-electron chi connectivity index (χ4n) is 4.64. The van der Waals surface area contributed by atoms with Crippen LogP contribution in [0.15, 0.2) is 18.2 Å². The number of piperidine rings is 1. The van der Waals surface area contributed by atoms with Gasteiger partial charge >= 0.3 is 13.2 Å². The molecule has 2 saturated heterocycles. The van der Waals surface area contributed by atoms with E-state index in [1.165, 1.54) is 11.3 Å². The molecule has 1 aromatic carbocycles. The zero-order valence-electron chi connectivity index (χ0n) is 20.2. The molecular weight excluding hydrogens is 391 g/mol. The zero-order valence-corrected chi connectivity index (χ0v) is 20.2. The highest BCUT2D eigenvalue weighted by Gasteiger charge is 2.51. The molecule has 0 unspecified atom stereocenters. The Hall–Kier alpha value is -1.73. The smallest absolute Gasteiger partial charge is 0.444 e. The maximum absolute atomic E-state index is 12.4. The molecule has 170 valence electrons. The van der Waals surface area contributed by atoms with Crippen molar-refractivity contribution in [3.63, 3.8) is 0 Å². The van der Waals surface area contributed by atoms with Crippen LogP contribution in [0.25, 0.3) is 0 Å². The van der Waals surface area contributed by atoms with E-state index in [4.69, 9.17) is 14.0 Å². The zero-order chi connectivity index (χ0) is 22.6. The molecular formula is C24H37BN2O4. The van der Waals surface area contributed by atoms with Gasteiger partial charge in [-0.1, -0.05) is 12.1 Å². The summed E-state index contributed by atoms with van der Waals surface area (Å²) in [6, 6.07) is 7.09. The molecule has 0 N–H and O–H groups in total. The van der Waals surface area contributed by atoms with E-state index in [0.29, 0.717) is 6.04 Å². The molecule has 0 aliphatic carbocycles. The van der Waals surface area contributed by atoms with Crippen LogP contribution in [0.2, 0.25) is 0 Å². The van der Waals surface area contributed by atoms with Gasteiger partial charge in [-0.25, -0.2) is 4.79 Å². The van der Waals surface area contributed by atoms with E-state index < -0.39 is 5.60 Å². The van der Waals surface area contributed by atoms with E-state index in [1.54, 1.807) is 0 Å². The van der Waals surface area contributed by atoms with Gasteiger partial charge in [-0.3, -0.25) is 0 Å². The molecule has 3 aliphatic heterocycles. The summed E-state index contributed by atoms with van der Waals surface area (Å²) < 4.78 is 18.0. The number of likely N-dealkylation sites (tertiary alicyclic amines) is 1. The minimum Gasteiger partial charge on any atom is -0.444 e. The van der Waals surface area contributed by atoms with Crippen molar-refractivity contribution in [2.24, 2.45) is 0 Å². The summed E-state index contributed by atoms with van der Waals surface area (Å²) in [5, 5.41) is 0. The monoisotopic (exact) mass is 428 g/mol. The molecule has 3 aliphatic rings. The molecule has 0 bridgehead atoms. The summed E-state index contributed by atoms with van der Waals surface area (Å²) in [6.45, 7) is 16.6. The number of amides is 1. The van der Waals surface area contributed by atoms with Gasteiger partial charge in [0.1, 0.15) is 5.60 Å². The predicted octanol–water partition coefficient (Wildman–Crippen LogP) is 3.75. The number of anilines is 1. The number of carbonyl (C=O) groups excluding carboxylic acids is 1. The average molecular weight is 428 g/mol. The standard InChI is InChI=1S/C24H37BN2O4/c1-22(2,3)29-21(28)26-13-11-19(12-14-26)27-15-10-17-16-18(8-9-20(17)27)25-30-23(4,5)24(6,7)31-25/h8-9,16,19H,10-15H2,1-7H3. The molecule has 3 heterocycles. The number of benzene rings is 1. The minimum absolute atomic E-state index is 0.195. The number of ether oxygens (including phenoxy) is 1. The van der Waals surface area contributed by atoms with Crippen LogP contribution >= 0.6 is 0 Å². The van der Waals surface area contributed by atoms with E-state index in [0.717, 1.165) is 44.4 Å². The molecule has 0 spiro atoms. The van der Waals surface area contributed by atoms with Gasteiger partial charge in [-0.2, -0.15) is 0 Å². The average Bonchev–Trinajstić information content (AvgIpc) is 3.17. The fourth-order valence-corrected chi connectivity index (χ4v) is 4.64. The topological polar surface area (TPSA) is 51.2 Å². The third-order valence-corrected chi connectivity index (χ3v) is 7.12. The molecule has 0 radical (unpaired) electrons.